The maximum Gasteiger partial charge on any atom is 0.265 e. The molecule has 0 aliphatic carbocycles. The molecule has 0 bridgehead atoms. The molecule has 18 heavy (non-hydrogen) atoms. The Morgan fingerprint density at radius 3 is 2.72 bits per heavy atom. The third kappa shape index (κ3) is 2.70. The summed E-state index contributed by atoms with van der Waals surface area (Å²) in [4.78, 5) is 12.4. The van der Waals surface area contributed by atoms with E-state index in [1.54, 1.807) is 6.07 Å². The van der Waals surface area contributed by atoms with Crippen LogP contribution in [0.1, 0.15) is 15.2 Å². The van der Waals surface area contributed by atoms with E-state index in [9.17, 15) is 9.18 Å². The molecule has 0 unspecified atom stereocenters. The number of thiophene rings is 1. The summed E-state index contributed by atoms with van der Waals surface area (Å²) < 4.78 is 14.3. The van der Waals surface area contributed by atoms with E-state index in [0.29, 0.717) is 4.88 Å². The monoisotopic (exact) mass is 329 g/mol. The number of carbonyl (C=O) groups is 1. The SMILES string of the molecule is Cc1cc(C(=O)Nc2ccc(O)cc2F)sc1Br. The number of aryl methyl sites for hydroxylation is 1. The first kappa shape index (κ1) is 13.0. The Morgan fingerprint density at radius 1 is 1.44 bits per heavy atom. The van der Waals surface area contributed by atoms with Crippen LogP contribution in [0, 0.1) is 12.7 Å². The Balaban J connectivity index is 2.21. The molecule has 0 saturated carbocycles. The zero-order valence-electron chi connectivity index (χ0n) is 9.33. The number of amides is 1. The molecule has 2 N–H and O–H groups in total. The van der Waals surface area contributed by atoms with E-state index in [4.69, 9.17) is 5.11 Å². The van der Waals surface area contributed by atoms with Gasteiger partial charge in [0, 0.05) is 6.07 Å². The highest BCUT2D eigenvalue weighted by atomic mass is 79.9. The molecule has 0 atom stereocenters. The molecular formula is C12H9BrFNO2S. The standard InChI is InChI=1S/C12H9BrFNO2S/c1-6-4-10(18-11(6)13)12(17)15-9-3-2-7(16)5-8(9)14/h2-5,16H,1H3,(H,15,17). The fourth-order valence-electron chi connectivity index (χ4n) is 1.36. The van der Waals surface area contributed by atoms with Crippen LogP contribution in [0.15, 0.2) is 28.1 Å². The summed E-state index contributed by atoms with van der Waals surface area (Å²) >= 11 is 4.61. The Hall–Kier alpha value is -1.40. The van der Waals surface area contributed by atoms with Gasteiger partial charge in [0.05, 0.1) is 14.4 Å². The Morgan fingerprint density at radius 2 is 2.17 bits per heavy atom. The van der Waals surface area contributed by atoms with E-state index >= 15 is 0 Å². The van der Waals surface area contributed by atoms with Crippen molar-refractivity contribution in [1.29, 1.82) is 0 Å². The molecule has 3 nitrogen and oxygen atoms in total. The van der Waals surface area contributed by atoms with Gasteiger partial charge in [0.2, 0.25) is 0 Å². The van der Waals surface area contributed by atoms with Gasteiger partial charge >= 0.3 is 0 Å². The highest BCUT2D eigenvalue weighted by Gasteiger charge is 2.13. The third-order valence-electron chi connectivity index (χ3n) is 2.28. The molecule has 2 aromatic rings. The summed E-state index contributed by atoms with van der Waals surface area (Å²) in [5.74, 6) is -1.23. The van der Waals surface area contributed by atoms with Crippen molar-refractivity contribution in [2.45, 2.75) is 6.92 Å². The maximum absolute atomic E-state index is 13.4. The zero-order valence-corrected chi connectivity index (χ0v) is 11.7. The van der Waals surface area contributed by atoms with Crippen molar-refractivity contribution in [1.82, 2.24) is 0 Å². The zero-order chi connectivity index (χ0) is 13.3. The van der Waals surface area contributed by atoms with Gasteiger partial charge in [0.1, 0.15) is 11.6 Å². The van der Waals surface area contributed by atoms with Crippen LogP contribution in [0.4, 0.5) is 10.1 Å². The van der Waals surface area contributed by atoms with Gasteiger partial charge in [-0.3, -0.25) is 4.79 Å². The van der Waals surface area contributed by atoms with Gasteiger partial charge in [-0.2, -0.15) is 0 Å². The lowest BCUT2D eigenvalue weighted by Crippen LogP contribution is -2.11. The molecule has 1 aromatic carbocycles. The second-order valence-electron chi connectivity index (χ2n) is 3.69. The van der Waals surface area contributed by atoms with Crippen LogP contribution >= 0.6 is 27.3 Å². The van der Waals surface area contributed by atoms with Crippen LogP contribution < -0.4 is 5.32 Å². The van der Waals surface area contributed by atoms with E-state index in [-0.39, 0.29) is 17.3 Å². The lowest BCUT2D eigenvalue weighted by atomic mass is 10.2. The van der Waals surface area contributed by atoms with Gasteiger partial charge in [-0.05, 0) is 46.6 Å². The minimum Gasteiger partial charge on any atom is -0.508 e. The summed E-state index contributed by atoms with van der Waals surface area (Å²) in [6.07, 6.45) is 0. The van der Waals surface area contributed by atoms with Crippen molar-refractivity contribution in [3.63, 3.8) is 0 Å². The van der Waals surface area contributed by atoms with Crippen LogP contribution in [-0.2, 0) is 0 Å². The summed E-state index contributed by atoms with van der Waals surface area (Å²) in [5, 5.41) is 11.5. The van der Waals surface area contributed by atoms with Crippen molar-refractivity contribution >= 4 is 38.9 Å². The van der Waals surface area contributed by atoms with E-state index in [1.807, 2.05) is 6.92 Å². The summed E-state index contributed by atoms with van der Waals surface area (Å²) in [7, 11) is 0. The highest BCUT2D eigenvalue weighted by Crippen LogP contribution is 2.28. The number of benzene rings is 1. The lowest BCUT2D eigenvalue weighted by molar-refractivity contribution is 0.103. The highest BCUT2D eigenvalue weighted by molar-refractivity contribution is 9.11. The van der Waals surface area contributed by atoms with Gasteiger partial charge in [0.15, 0.2) is 0 Å². The maximum atomic E-state index is 13.4. The number of anilines is 1. The normalized spacial score (nSPS) is 10.4. The number of phenolic OH excluding ortho intramolecular Hbond substituents is 1. The summed E-state index contributed by atoms with van der Waals surface area (Å²) in [5.41, 5.74) is 0.997. The number of nitrogens with one attached hydrogen (secondary N) is 1. The number of halogens is 2. The first-order valence-corrected chi connectivity index (χ1v) is 6.64. The molecule has 6 heteroatoms. The number of hydrogen-bond donors (Lipinski definition) is 2. The van der Waals surface area contributed by atoms with Crippen LogP contribution in [0.2, 0.25) is 0 Å². The van der Waals surface area contributed by atoms with Crippen molar-refractivity contribution in [3.8, 4) is 5.75 Å². The van der Waals surface area contributed by atoms with E-state index in [0.717, 1.165) is 15.4 Å². The second-order valence-corrected chi connectivity index (χ2v) is 6.06. The average Bonchev–Trinajstić information content (AvgIpc) is 2.63. The number of rotatable bonds is 2. The number of phenols is 1. The molecule has 0 aliphatic heterocycles. The predicted octanol–water partition coefficient (Wildman–Crippen LogP) is 3.92. The first-order chi connectivity index (χ1) is 8.47. The molecule has 94 valence electrons. The Bertz CT molecular complexity index is 593. The number of carbonyl (C=O) groups excluding carboxylic acids is 1. The summed E-state index contributed by atoms with van der Waals surface area (Å²) in [6, 6.07) is 5.31. The molecule has 1 amide bonds. The Labute approximate surface area is 115 Å². The van der Waals surface area contributed by atoms with Gasteiger partial charge in [-0.1, -0.05) is 0 Å². The minimum absolute atomic E-state index is 0.0416. The molecule has 0 aliphatic rings. The molecule has 2 rings (SSSR count). The van der Waals surface area contributed by atoms with E-state index < -0.39 is 5.82 Å². The molecule has 0 radical (unpaired) electrons. The quantitative estimate of drug-likeness (QED) is 0.820. The van der Waals surface area contributed by atoms with Crippen molar-refractivity contribution in [3.05, 3.63) is 44.3 Å². The fourth-order valence-corrected chi connectivity index (χ4v) is 2.79. The van der Waals surface area contributed by atoms with Gasteiger partial charge < -0.3 is 10.4 Å². The molecule has 0 fully saturated rings. The largest absolute Gasteiger partial charge is 0.508 e. The Kier molecular flexibility index (Phi) is 3.68. The second kappa shape index (κ2) is 5.07. The topological polar surface area (TPSA) is 49.3 Å². The van der Waals surface area contributed by atoms with Crippen LogP contribution in [0.5, 0.6) is 5.75 Å². The van der Waals surface area contributed by atoms with Crippen molar-refractivity contribution in [2.75, 3.05) is 5.32 Å². The van der Waals surface area contributed by atoms with Crippen LogP contribution in [0.3, 0.4) is 0 Å². The molecule has 1 aromatic heterocycles. The van der Waals surface area contributed by atoms with Crippen LogP contribution in [-0.4, -0.2) is 11.0 Å². The summed E-state index contributed by atoms with van der Waals surface area (Å²) in [6.45, 7) is 1.87. The fraction of sp³-hybridized carbons (Fsp3) is 0.0833. The lowest BCUT2D eigenvalue weighted by Gasteiger charge is -2.05. The molecule has 0 saturated heterocycles. The number of aromatic hydroxyl groups is 1. The minimum atomic E-state index is -0.671. The smallest absolute Gasteiger partial charge is 0.265 e. The van der Waals surface area contributed by atoms with Gasteiger partial charge in [-0.25, -0.2) is 4.39 Å². The molecule has 1 heterocycles. The van der Waals surface area contributed by atoms with E-state index in [1.165, 1.54) is 23.5 Å². The van der Waals surface area contributed by atoms with E-state index in [2.05, 4.69) is 21.2 Å². The molecular weight excluding hydrogens is 321 g/mol. The van der Waals surface area contributed by atoms with Gasteiger partial charge in [-0.15, -0.1) is 11.3 Å². The predicted molar refractivity (Wildman–Crippen MR) is 72.8 cm³/mol. The van der Waals surface area contributed by atoms with Crippen molar-refractivity contribution < 1.29 is 14.3 Å². The average molecular weight is 330 g/mol. The number of hydrogen-bond acceptors (Lipinski definition) is 3. The van der Waals surface area contributed by atoms with Crippen LogP contribution in [0.25, 0.3) is 0 Å². The van der Waals surface area contributed by atoms with Crippen molar-refractivity contribution in [2.24, 2.45) is 0 Å². The third-order valence-corrected chi connectivity index (χ3v) is 4.42. The van der Waals surface area contributed by atoms with Gasteiger partial charge in [0.25, 0.3) is 5.91 Å². The molecule has 0 spiro atoms. The first-order valence-electron chi connectivity index (χ1n) is 5.03.